The molecule has 0 fully saturated rings. The van der Waals surface area contributed by atoms with Gasteiger partial charge < -0.3 is 37.3 Å². The van der Waals surface area contributed by atoms with E-state index in [2.05, 4.69) is 25.9 Å². The summed E-state index contributed by atoms with van der Waals surface area (Å²) in [4.78, 5) is 50.8. The molecule has 1 aliphatic rings. The van der Waals surface area contributed by atoms with Gasteiger partial charge in [-0.3, -0.25) is 14.4 Å². The monoisotopic (exact) mass is 744 g/mol. The first-order valence-electron chi connectivity index (χ1n) is 16.4. The number of carbonyl (C=O) groups excluding carboxylic acids is 3. The molecule has 3 atom stereocenters. The molecular weight excluding hydrogens is 705 g/mol. The lowest BCUT2D eigenvalue weighted by molar-refractivity contribution is -0.142. The molecule has 5 rings (SSSR count). The first-order valence-corrected chi connectivity index (χ1v) is 17.6. The van der Waals surface area contributed by atoms with Crippen LogP contribution in [-0.2, 0) is 40.1 Å². The Hall–Kier alpha value is -4.15. The number of benzene rings is 2. The van der Waals surface area contributed by atoms with Crippen LogP contribution in [0, 0.1) is 6.92 Å². The van der Waals surface area contributed by atoms with Crippen LogP contribution in [0.25, 0.3) is 10.9 Å². The highest BCUT2D eigenvalue weighted by molar-refractivity contribution is 7.99. The van der Waals surface area contributed by atoms with E-state index in [1.165, 1.54) is 18.1 Å². The van der Waals surface area contributed by atoms with Crippen molar-refractivity contribution < 1.29 is 27.6 Å². The zero-order valence-corrected chi connectivity index (χ0v) is 29.6. The van der Waals surface area contributed by atoms with Crippen molar-refractivity contribution in [2.45, 2.75) is 73.5 Å². The molecule has 1 aliphatic heterocycles. The van der Waals surface area contributed by atoms with E-state index in [1.807, 2.05) is 31.2 Å². The molecule has 0 aliphatic carbocycles. The first-order chi connectivity index (χ1) is 24.3. The normalized spacial score (nSPS) is 19.6. The van der Waals surface area contributed by atoms with Crippen molar-refractivity contribution in [3.8, 4) is 0 Å². The van der Waals surface area contributed by atoms with Crippen molar-refractivity contribution in [3.63, 3.8) is 0 Å². The van der Waals surface area contributed by atoms with Gasteiger partial charge in [-0.15, -0.1) is 0 Å². The van der Waals surface area contributed by atoms with Crippen LogP contribution in [-0.4, -0.2) is 70.9 Å². The summed E-state index contributed by atoms with van der Waals surface area (Å²) in [6.45, 7) is 1.42. The number of aromatic amines is 1. The Kier molecular flexibility index (Phi) is 12.3. The second-order valence-corrected chi connectivity index (χ2v) is 13.7. The zero-order chi connectivity index (χ0) is 36.9. The number of carbonyl (C=O) groups is 3. The highest BCUT2D eigenvalue weighted by atomic mass is 35.5. The number of para-hydroxylation sites is 1. The maximum absolute atomic E-state index is 14.5. The van der Waals surface area contributed by atoms with Gasteiger partial charge in [0.05, 0.1) is 16.6 Å². The smallest absolute Gasteiger partial charge is 0.358 e. The molecule has 51 heavy (non-hydrogen) atoms. The summed E-state index contributed by atoms with van der Waals surface area (Å²) >= 11 is 7.51. The summed E-state index contributed by atoms with van der Waals surface area (Å²) < 4.78 is 43.5. The van der Waals surface area contributed by atoms with Crippen molar-refractivity contribution in [3.05, 3.63) is 87.7 Å². The van der Waals surface area contributed by atoms with E-state index in [0.29, 0.717) is 30.0 Å². The molecule has 0 bridgehead atoms. The number of alkyl halides is 3. The van der Waals surface area contributed by atoms with Gasteiger partial charge in [0.25, 0.3) is 0 Å². The number of fused-ring (bicyclic) bond motifs is 3. The second-order valence-electron chi connectivity index (χ2n) is 12.3. The van der Waals surface area contributed by atoms with Crippen molar-refractivity contribution in [1.82, 2.24) is 30.8 Å². The third-order valence-corrected chi connectivity index (χ3v) is 10.6. The maximum Gasteiger partial charge on any atom is 0.416 e. The predicted molar refractivity (Wildman–Crippen MR) is 190 cm³/mol. The molecule has 11 nitrogen and oxygen atoms in total. The van der Waals surface area contributed by atoms with Crippen molar-refractivity contribution in [2.24, 2.45) is 11.5 Å². The Bertz CT molecular complexity index is 1910. The van der Waals surface area contributed by atoms with Crippen LogP contribution < -0.4 is 27.4 Å². The summed E-state index contributed by atoms with van der Waals surface area (Å²) in [6.07, 6.45) is -2.47. The molecule has 4 aromatic rings. The van der Waals surface area contributed by atoms with Crippen LogP contribution in [0.3, 0.4) is 0 Å². The first kappa shape index (κ1) is 38.1. The molecule has 3 heterocycles. The van der Waals surface area contributed by atoms with Crippen LogP contribution in [0.2, 0.25) is 5.02 Å². The molecule has 2 aromatic heterocycles. The molecule has 0 spiro atoms. The minimum Gasteiger partial charge on any atom is -0.358 e. The van der Waals surface area contributed by atoms with Crippen LogP contribution in [0.4, 0.5) is 13.2 Å². The number of H-pyrrole nitrogens is 1. The number of hydrogen-bond donors (Lipinski definition) is 6. The number of aryl methyl sites for hydroxylation is 1. The van der Waals surface area contributed by atoms with E-state index in [4.69, 9.17) is 23.1 Å². The molecule has 0 saturated carbocycles. The number of nitrogens with two attached hydrogens (primary N) is 2. The molecule has 0 saturated heterocycles. The Balaban J connectivity index is 1.63. The third-order valence-electron chi connectivity index (χ3n) is 8.95. The van der Waals surface area contributed by atoms with Gasteiger partial charge in [0.1, 0.15) is 17.1 Å². The standard InChI is InChI=1S/C35H40ClF3N8O3S/c1-19-22(21-8-3-4-9-26(21)45-19)15-29-32(49)44-18-23-24(35(37,38)39)11-12-25(36)30(23)51-33-20(7-6-14-42-33)17-43-27(10-5-13-40)31(48)46-28(16-41)34(50)47(29)2/h3-4,6-9,11-12,14,27-29,43,45H,5,10,13,15-18,40-41H2,1-2H3,(H,44,49)(H,46,48)/t27-,28-,29-/m0/s1. The van der Waals surface area contributed by atoms with Gasteiger partial charge in [0.15, 0.2) is 0 Å². The van der Waals surface area contributed by atoms with Crippen LogP contribution >= 0.6 is 23.4 Å². The number of halogens is 4. The van der Waals surface area contributed by atoms with Gasteiger partial charge in [-0.05, 0) is 67.3 Å². The number of aromatic nitrogens is 2. The lowest BCUT2D eigenvalue weighted by atomic mass is 9.99. The topological polar surface area (TPSA) is 171 Å². The minimum atomic E-state index is -4.78. The predicted octanol–water partition coefficient (Wildman–Crippen LogP) is 4.03. The van der Waals surface area contributed by atoms with Gasteiger partial charge in [0, 0.05) is 60.8 Å². The van der Waals surface area contributed by atoms with E-state index in [1.54, 1.807) is 12.1 Å². The van der Waals surface area contributed by atoms with E-state index in [0.717, 1.165) is 46.1 Å². The largest absolute Gasteiger partial charge is 0.416 e. The fourth-order valence-electron chi connectivity index (χ4n) is 6.16. The number of nitrogens with one attached hydrogen (secondary N) is 4. The summed E-state index contributed by atoms with van der Waals surface area (Å²) in [5.74, 6) is -1.86. The van der Waals surface area contributed by atoms with Crippen molar-refractivity contribution in [1.29, 1.82) is 0 Å². The molecule has 0 radical (unpaired) electrons. The Morgan fingerprint density at radius 1 is 1.02 bits per heavy atom. The quantitative estimate of drug-likeness (QED) is 0.172. The van der Waals surface area contributed by atoms with Crippen molar-refractivity contribution in [2.75, 3.05) is 20.1 Å². The number of pyridine rings is 1. The lowest BCUT2D eigenvalue weighted by Gasteiger charge is -2.31. The van der Waals surface area contributed by atoms with E-state index < -0.39 is 54.1 Å². The molecule has 16 heteroatoms. The Morgan fingerprint density at radius 3 is 2.51 bits per heavy atom. The van der Waals surface area contributed by atoms with Gasteiger partial charge in [-0.25, -0.2) is 4.98 Å². The van der Waals surface area contributed by atoms with Gasteiger partial charge >= 0.3 is 6.18 Å². The molecule has 8 N–H and O–H groups in total. The summed E-state index contributed by atoms with van der Waals surface area (Å²) in [5.41, 5.74) is 13.5. The van der Waals surface area contributed by atoms with Gasteiger partial charge in [-0.2, -0.15) is 13.2 Å². The van der Waals surface area contributed by atoms with E-state index in [9.17, 15) is 27.6 Å². The number of rotatable bonds is 6. The average Bonchev–Trinajstić information content (AvgIpc) is 3.42. The molecule has 272 valence electrons. The molecule has 3 amide bonds. The number of hydrogen-bond acceptors (Lipinski definition) is 8. The summed E-state index contributed by atoms with van der Waals surface area (Å²) in [7, 11) is 1.41. The fraction of sp³-hybridized carbons (Fsp3) is 0.371. The zero-order valence-electron chi connectivity index (χ0n) is 28.1. The second kappa shape index (κ2) is 16.5. The van der Waals surface area contributed by atoms with E-state index in [-0.39, 0.29) is 35.0 Å². The molecule has 0 unspecified atom stereocenters. The number of nitrogens with zero attached hydrogens (tertiary/aromatic N) is 2. The fourth-order valence-corrected chi connectivity index (χ4v) is 7.50. The maximum atomic E-state index is 14.5. The van der Waals surface area contributed by atoms with Gasteiger partial charge in [-0.1, -0.05) is 47.6 Å². The Morgan fingerprint density at radius 2 is 1.78 bits per heavy atom. The molecule has 2 aromatic carbocycles. The van der Waals surface area contributed by atoms with Crippen LogP contribution in [0.1, 0.15) is 40.8 Å². The Labute approximate surface area is 302 Å². The van der Waals surface area contributed by atoms with Gasteiger partial charge in [0.2, 0.25) is 17.7 Å². The molecular formula is C35H40ClF3N8O3S. The van der Waals surface area contributed by atoms with Crippen molar-refractivity contribution >= 4 is 52.0 Å². The summed E-state index contributed by atoms with van der Waals surface area (Å²) in [6, 6.07) is 9.66. The minimum absolute atomic E-state index is 0.0103. The number of amides is 3. The highest BCUT2D eigenvalue weighted by Crippen LogP contribution is 2.43. The third kappa shape index (κ3) is 8.67. The van der Waals surface area contributed by atoms with E-state index >= 15 is 0 Å². The average molecular weight is 745 g/mol. The van der Waals surface area contributed by atoms with Crippen LogP contribution in [0.5, 0.6) is 0 Å². The lowest BCUT2D eigenvalue weighted by Crippen LogP contribution is -2.59. The van der Waals surface area contributed by atoms with Crippen LogP contribution in [0.15, 0.2) is 64.6 Å². The summed E-state index contributed by atoms with van der Waals surface area (Å²) in [5, 5.41) is 9.82. The highest BCUT2D eigenvalue weighted by Gasteiger charge is 2.37. The number of likely N-dealkylation sites (N-methyl/N-ethyl adjacent to an activating group) is 1. The SMILES string of the molecule is Cc1[nH]c2ccccc2c1C[C@H]1C(=O)NCc2c(C(F)(F)F)ccc(Cl)c2Sc2ncccc2CN[C@@H](CCCN)C(=O)N[C@@H](CN)C(=O)N1C.